The van der Waals surface area contributed by atoms with Crippen LogP contribution < -0.4 is 14.2 Å². The van der Waals surface area contributed by atoms with Gasteiger partial charge in [-0.1, -0.05) is 0 Å². The van der Waals surface area contributed by atoms with E-state index in [9.17, 15) is 4.79 Å². The predicted octanol–water partition coefficient (Wildman–Crippen LogP) is 1.25. The number of nitrogens with zero attached hydrogens (tertiary/aromatic N) is 4. The SMILES string of the molecule is CC(Oc1ccc2c(c1)OCO2)C(=O)N1CCC(n2nccn2)C1. The van der Waals surface area contributed by atoms with Crippen molar-refractivity contribution in [3.05, 3.63) is 30.6 Å². The standard InChI is InChI=1S/C16H18N4O4/c1-11(24-13-2-3-14-15(8-13)23-10-22-14)16(21)19-7-4-12(9-19)20-17-5-6-18-20/h2-3,5-6,8,11-12H,4,7,9-10H2,1H3. The Hall–Kier alpha value is -2.77. The summed E-state index contributed by atoms with van der Waals surface area (Å²) in [4.78, 5) is 16.1. The van der Waals surface area contributed by atoms with Crippen molar-refractivity contribution in [2.45, 2.75) is 25.5 Å². The fraction of sp³-hybridized carbons (Fsp3) is 0.438. The fourth-order valence-corrected chi connectivity index (χ4v) is 3.01. The summed E-state index contributed by atoms with van der Waals surface area (Å²) < 4.78 is 16.4. The maximum Gasteiger partial charge on any atom is 0.263 e. The molecule has 8 heteroatoms. The summed E-state index contributed by atoms with van der Waals surface area (Å²) in [5, 5.41) is 8.30. The summed E-state index contributed by atoms with van der Waals surface area (Å²) in [5.41, 5.74) is 0. The highest BCUT2D eigenvalue weighted by Gasteiger charge is 2.31. The predicted molar refractivity (Wildman–Crippen MR) is 82.9 cm³/mol. The van der Waals surface area contributed by atoms with Crippen molar-refractivity contribution in [1.29, 1.82) is 0 Å². The first-order chi connectivity index (χ1) is 11.7. The summed E-state index contributed by atoms with van der Waals surface area (Å²) in [6, 6.07) is 5.43. The molecule has 2 aliphatic heterocycles. The van der Waals surface area contributed by atoms with Crippen LogP contribution in [-0.4, -0.2) is 51.8 Å². The van der Waals surface area contributed by atoms with Gasteiger partial charge in [-0.3, -0.25) is 4.79 Å². The molecule has 2 aliphatic rings. The van der Waals surface area contributed by atoms with Crippen molar-refractivity contribution in [1.82, 2.24) is 19.9 Å². The topological polar surface area (TPSA) is 78.7 Å². The molecule has 1 fully saturated rings. The smallest absolute Gasteiger partial charge is 0.263 e. The first kappa shape index (κ1) is 14.8. The van der Waals surface area contributed by atoms with Crippen LogP contribution in [0.2, 0.25) is 0 Å². The molecule has 0 bridgehead atoms. The monoisotopic (exact) mass is 330 g/mol. The normalized spacial score (nSPS) is 20.2. The average molecular weight is 330 g/mol. The summed E-state index contributed by atoms with van der Waals surface area (Å²) in [5.74, 6) is 1.88. The van der Waals surface area contributed by atoms with E-state index in [1.807, 2.05) is 0 Å². The molecule has 1 saturated heterocycles. The number of rotatable bonds is 4. The van der Waals surface area contributed by atoms with E-state index >= 15 is 0 Å². The Balaban J connectivity index is 1.38. The highest BCUT2D eigenvalue weighted by molar-refractivity contribution is 5.81. The second kappa shape index (κ2) is 6.03. The van der Waals surface area contributed by atoms with Crippen LogP contribution in [0, 0.1) is 0 Å². The zero-order valence-electron chi connectivity index (χ0n) is 13.3. The Morgan fingerprint density at radius 2 is 2.08 bits per heavy atom. The first-order valence-electron chi connectivity index (χ1n) is 7.91. The van der Waals surface area contributed by atoms with Crippen molar-refractivity contribution in [2.75, 3.05) is 19.9 Å². The molecule has 24 heavy (non-hydrogen) atoms. The van der Waals surface area contributed by atoms with E-state index in [0.29, 0.717) is 30.3 Å². The van der Waals surface area contributed by atoms with Crippen molar-refractivity contribution < 1.29 is 19.0 Å². The lowest BCUT2D eigenvalue weighted by Gasteiger charge is -2.21. The quantitative estimate of drug-likeness (QED) is 0.839. The molecule has 2 atom stereocenters. The molecule has 1 aromatic heterocycles. The van der Waals surface area contributed by atoms with E-state index in [1.165, 1.54) is 0 Å². The number of benzene rings is 1. The Kier molecular flexibility index (Phi) is 3.72. The Bertz CT molecular complexity index is 734. The molecule has 8 nitrogen and oxygen atoms in total. The number of hydrogen-bond donors (Lipinski definition) is 0. The van der Waals surface area contributed by atoms with Gasteiger partial charge in [-0.2, -0.15) is 15.0 Å². The molecule has 2 aromatic rings. The van der Waals surface area contributed by atoms with E-state index in [-0.39, 0.29) is 18.7 Å². The molecular weight excluding hydrogens is 312 g/mol. The van der Waals surface area contributed by atoms with Crippen molar-refractivity contribution in [3.8, 4) is 17.2 Å². The number of aromatic nitrogens is 3. The molecule has 1 amide bonds. The van der Waals surface area contributed by atoms with Gasteiger partial charge in [-0.05, 0) is 25.5 Å². The minimum absolute atomic E-state index is 0.0395. The third-order valence-electron chi connectivity index (χ3n) is 4.24. The van der Waals surface area contributed by atoms with Crippen LogP contribution >= 0.6 is 0 Å². The van der Waals surface area contributed by atoms with E-state index in [1.54, 1.807) is 47.2 Å². The number of carbonyl (C=O) groups is 1. The molecule has 126 valence electrons. The molecule has 3 heterocycles. The largest absolute Gasteiger partial charge is 0.481 e. The van der Waals surface area contributed by atoms with Crippen LogP contribution in [0.25, 0.3) is 0 Å². The molecular formula is C16H18N4O4. The highest BCUT2D eigenvalue weighted by Crippen LogP contribution is 2.35. The number of carbonyl (C=O) groups excluding carboxylic acids is 1. The van der Waals surface area contributed by atoms with E-state index in [4.69, 9.17) is 14.2 Å². The van der Waals surface area contributed by atoms with Gasteiger partial charge >= 0.3 is 0 Å². The minimum atomic E-state index is -0.574. The Morgan fingerprint density at radius 3 is 2.92 bits per heavy atom. The van der Waals surface area contributed by atoms with Crippen molar-refractivity contribution in [3.63, 3.8) is 0 Å². The molecule has 0 N–H and O–H groups in total. The molecule has 1 aromatic carbocycles. The number of fused-ring (bicyclic) bond motifs is 1. The third-order valence-corrected chi connectivity index (χ3v) is 4.24. The number of likely N-dealkylation sites (tertiary alicyclic amines) is 1. The van der Waals surface area contributed by atoms with Crippen LogP contribution in [0.4, 0.5) is 0 Å². The average Bonchev–Trinajstić information content (AvgIpc) is 3.32. The van der Waals surface area contributed by atoms with Crippen LogP contribution in [0.3, 0.4) is 0 Å². The fourth-order valence-electron chi connectivity index (χ4n) is 3.01. The molecule has 0 spiro atoms. The van der Waals surface area contributed by atoms with Gasteiger partial charge in [0, 0.05) is 19.2 Å². The zero-order valence-corrected chi connectivity index (χ0v) is 13.3. The Labute approximate surface area is 138 Å². The van der Waals surface area contributed by atoms with Crippen LogP contribution in [0.15, 0.2) is 30.6 Å². The zero-order chi connectivity index (χ0) is 16.5. The minimum Gasteiger partial charge on any atom is -0.481 e. The van der Waals surface area contributed by atoms with Gasteiger partial charge in [0.15, 0.2) is 17.6 Å². The second-order valence-corrected chi connectivity index (χ2v) is 5.85. The lowest BCUT2D eigenvalue weighted by molar-refractivity contribution is -0.137. The van der Waals surface area contributed by atoms with Gasteiger partial charge in [0.1, 0.15) is 5.75 Å². The number of hydrogen-bond acceptors (Lipinski definition) is 6. The van der Waals surface area contributed by atoms with Crippen molar-refractivity contribution >= 4 is 5.91 Å². The molecule has 4 rings (SSSR count). The van der Waals surface area contributed by atoms with E-state index in [2.05, 4.69) is 10.2 Å². The van der Waals surface area contributed by atoms with Gasteiger partial charge in [0.05, 0.1) is 18.4 Å². The summed E-state index contributed by atoms with van der Waals surface area (Å²) in [7, 11) is 0. The summed E-state index contributed by atoms with van der Waals surface area (Å²) >= 11 is 0. The van der Waals surface area contributed by atoms with Gasteiger partial charge < -0.3 is 19.1 Å². The number of amides is 1. The molecule has 0 saturated carbocycles. The van der Waals surface area contributed by atoms with Gasteiger partial charge in [-0.25, -0.2) is 0 Å². The first-order valence-corrected chi connectivity index (χ1v) is 7.91. The van der Waals surface area contributed by atoms with Gasteiger partial charge in [0.2, 0.25) is 6.79 Å². The maximum absolute atomic E-state index is 12.6. The van der Waals surface area contributed by atoms with E-state index < -0.39 is 6.10 Å². The second-order valence-electron chi connectivity index (χ2n) is 5.85. The molecule has 0 radical (unpaired) electrons. The van der Waals surface area contributed by atoms with Gasteiger partial charge in [0.25, 0.3) is 5.91 Å². The molecule has 0 aliphatic carbocycles. The highest BCUT2D eigenvalue weighted by atomic mass is 16.7. The number of ether oxygens (including phenoxy) is 3. The van der Waals surface area contributed by atoms with Crippen LogP contribution in [-0.2, 0) is 4.79 Å². The lowest BCUT2D eigenvalue weighted by Crippen LogP contribution is -2.39. The van der Waals surface area contributed by atoms with E-state index in [0.717, 1.165) is 6.42 Å². The Morgan fingerprint density at radius 1 is 1.29 bits per heavy atom. The summed E-state index contributed by atoms with van der Waals surface area (Å²) in [6.07, 6.45) is 3.57. The maximum atomic E-state index is 12.6. The molecule has 2 unspecified atom stereocenters. The van der Waals surface area contributed by atoms with Crippen molar-refractivity contribution in [2.24, 2.45) is 0 Å². The lowest BCUT2D eigenvalue weighted by atomic mass is 10.3. The van der Waals surface area contributed by atoms with Gasteiger partial charge in [-0.15, -0.1) is 0 Å². The van der Waals surface area contributed by atoms with Crippen LogP contribution in [0.5, 0.6) is 17.2 Å². The van der Waals surface area contributed by atoms with Crippen LogP contribution in [0.1, 0.15) is 19.4 Å². The summed E-state index contributed by atoms with van der Waals surface area (Å²) in [6.45, 7) is 3.25. The third kappa shape index (κ3) is 2.75.